The first-order chi connectivity index (χ1) is 15.7. The van der Waals surface area contributed by atoms with Crippen LogP contribution in [0, 0.1) is 5.92 Å². The second kappa shape index (κ2) is 9.03. The fourth-order valence-electron chi connectivity index (χ4n) is 4.99. The number of rotatable bonds is 3. The largest absolute Gasteiger partial charge is 0.368 e. The number of piperidine rings is 1. The molecular formula is C27H29N3O2. The number of para-hydroxylation sites is 1. The highest BCUT2D eigenvalue weighted by atomic mass is 16.2. The van der Waals surface area contributed by atoms with E-state index in [9.17, 15) is 9.59 Å². The maximum absolute atomic E-state index is 13.2. The molecule has 2 fully saturated rings. The molecule has 164 valence electrons. The van der Waals surface area contributed by atoms with Gasteiger partial charge in [0.05, 0.1) is 0 Å². The van der Waals surface area contributed by atoms with Crippen molar-refractivity contribution in [3.63, 3.8) is 0 Å². The first kappa shape index (κ1) is 20.6. The zero-order valence-electron chi connectivity index (χ0n) is 18.3. The summed E-state index contributed by atoms with van der Waals surface area (Å²) in [6, 6.07) is 24.3. The van der Waals surface area contributed by atoms with Crippen molar-refractivity contribution in [2.24, 2.45) is 5.92 Å². The molecule has 0 atom stereocenters. The van der Waals surface area contributed by atoms with E-state index >= 15 is 0 Å². The lowest BCUT2D eigenvalue weighted by molar-refractivity contribution is -0.137. The Labute approximate surface area is 189 Å². The van der Waals surface area contributed by atoms with Crippen LogP contribution in [0.4, 0.5) is 5.69 Å². The Balaban J connectivity index is 1.17. The Morgan fingerprint density at radius 1 is 0.656 bits per heavy atom. The van der Waals surface area contributed by atoms with Crippen LogP contribution < -0.4 is 4.90 Å². The summed E-state index contributed by atoms with van der Waals surface area (Å²) in [5, 5.41) is 2.08. The summed E-state index contributed by atoms with van der Waals surface area (Å²) < 4.78 is 0. The summed E-state index contributed by atoms with van der Waals surface area (Å²) >= 11 is 0. The van der Waals surface area contributed by atoms with Gasteiger partial charge >= 0.3 is 0 Å². The van der Waals surface area contributed by atoms with Crippen molar-refractivity contribution >= 4 is 28.3 Å². The fraction of sp³-hybridized carbons (Fsp3) is 0.333. The number of piperazine rings is 1. The number of amides is 2. The van der Waals surface area contributed by atoms with Crippen molar-refractivity contribution in [3.05, 3.63) is 78.4 Å². The monoisotopic (exact) mass is 427 g/mol. The van der Waals surface area contributed by atoms with E-state index < -0.39 is 0 Å². The predicted octanol–water partition coefficient (Wildman–Crippen LogP) is 4.04. The average molecular weight is 428 g/mol. The highest BCUT2D eigenvalue weighted by molar-refractivity contribution is 6.07. The van der Waals surface area contributed by atoms with Crippen LogP contribution in [0.3, 0.4) is 0 Å². The Morgan fingerprint density at radius 2 is 1.31 bits per heavy atom. The summed E-state index contributed by atoms with van der Waals surface area (Å²) in [5.41, 5.74) is 1.98. The molecule has 3 aromatic rings. The molecule has 0 spiro atoms. The van der Waals surface area contributed by atoms with Crippen molar-refractivity contribution in [1.82, 2.24) is 9.80 Å². The number of likely N-dealkylation sites (tertiary alicyclic amines) is 1. The number of hydrogen-bond donors (Lipinski definition) is 0. The highest BCUT2D eigenvalue weighted by Gasteiger charge is 2.32. The van der Waals surface area contributed by atoms with Gasteiger partial charge in [0.15, 0.2) is 0 Å². The van der Waals surface area contributed by atoms with Crippen LogP contribution in [0.5, 0.6) is 0 Å². The Kier molecular flexibility index (Phi) is 5.80. The molecule has 0 N–H and O–H groups in total. The topological polar surface area (TPSA) is 43.9 Å². The Bertz CT molecular complexity index is 1090. The van der Waals surface area contributed by atoms with Crippen LogP contribution in [0.2, 0.25) is 0 Å². The van der Waals surface area contributed by atoms with Crippen LogP contribution in [-0.4, -0.2) is 60.9 Å². The smallest absolute Gasteiger partial charge is 0.254 e. The van der Waals surface area contributed by atoms with Gasteiger partial charge in [-0.05, 0) is 41.8 Å². The van der Waals surface area contributed by atoms with Gasteiger partial charge in [-0.15, -0.1) is 0 Å². The Morgan fingerprint density at radius 3 is 2.06 bits per heavy atom. The molecular weight excluding hydrogens is 398 g/mol. The molecule has 3 aromatic carbocycles. The summed E-state index contributed by atoms with van der Waals surface area (Å²) in [5.74, 6) is 0.356. The van der Waals surface area contributed by atoms with Crippen molar-refractivity contribution in [1.29, 1.82) is 0 Å². The van der Waals surface area contributed by atoms with Gasteiger partial charge in [0.25, 0.3) is 5.91 Å². The molecule has 0 radical (unpaired) electrons. The molecule has 0 aromatic heterocycles. The second-order valence-electron chi connectivity index (χ2n) is 8.74. The minimum absolute atomic E-state index is 0.0230. The third-order valence-electron chi connectivity index (χ3n) is 6.86. The molecule has 0 saturated carbocycles. The molecule has 2 aliphatic heterocycles. The molecule has 0 unspecified atom stereocenters. The quantitative estimate of drug-likeness (QED) is 0.634. The number of nitrogens with zero attached hydrogens (tertiary/aromatic N) is 3. The SMILES string of the molecule is O=C(c1cccc2ccccc12)N1CCC(C(=O)N2CCN(c3ccccc3)CC2)CC1. The standard InChI is InChI=1S/C27H29N3O2/c31-26(30-19-17-28(18-20-30)23-9-2-1-3-10-23)22-13-15-29(16-14-22)27(32)25-12-6-8-21-7-4-5-11-24(21)25/h1-12,22H,13-20H2. The van der Waals surface area contributed by atoms with E-state index in [1.165, 1.54) is 5.69 Å². The normalized spacial score (nSPS) is 17.6. The second-order valence-corrected chi connectivity index (χ2v) is 8.74. The zero-order chi connectivity index (χ0) is 21.9. The summed E-state index contributed by atoms with van der Waals surface area (Å²) in [7, 11) is 0. The van der Waals surface area contributed by atoms with E-state index in [0.717, 1.165) is 55.4 Å². The van der Waals surface area contributed by atoms with Gasteiger partial charge in [0.2, 0.25) is 5.91 Å². The Hall–Kier alpha value is -3.34. The molecule has 5 rings (SSSR count). The number of anilines is 1. The van der Waals surface area contributed by atoms with E-state index in [1.54, 1.807) is 0 Å². The number of hydrogen-bond acceptors (Lipinski definition) is 3. The average Bonchev–Trinajstić information content (AvgIpc) is 2.88. The molecule has 0 bridgehead atoms. The van der Waals surface area contributed by atoms with Crippen LogP contribution in [0.25, 0.3) is 10.8 Å². The summed E-state index contributed by atoms with van der Waals surface area (Å²) in [6.45, 7) is 4.55. The molecule has 2 heterocycles. The number of carbonyl (C=O) groups excluding carboxylic acids is 2. The first-order valence-electron chi connectivity index (χ1n) is 11.6. The molecule has 2 saturated heterocycles. The van der Waals surface area contributed by atoms with Crippen LogP contribution in [0.1, 0.15) is 23.2 Å². The van der Waals surface area contributed by atoms with Gasteiger partial charge in [-0.25, -0.2) is 0 Å². The summed E-state index contributed by atoms with van der Waals surface area (Å²) in [4.78, 5) is 32.6. The van der Waals surface area contributed by atoms with Crippen molar-refractivity contribution in [2.75, 3.05) is 44.2 Å². The van der Waals surface area contributed by atoms with Gasteiger partial charge in [-0.2, -0.15) is 0 Å². The van der Waals surface area contributed by atoms with Gasteiger partial charge in [0.1, 0.15) is 0 Å². The predicted molar refractivity (Wildman–Crippen MR) is 128 cm³/mol. The highest BCUT2D eigenvalue weighted by Crippen LogP contribution is 2.25. The number of fused-ring (bicyclic) bond motifs is 1. The molecule has 5 heteroatoms. The molecule has 2 amide bonds. The minimum Gasteiger partial charge on any atom is -0.368 e. The van der Waals surface area contributed by atoms with Gasteiger partial charge in [-0.1, -0.05) is 54.6 Å². The van der Waals surface area contributed by atoms with E-state index in [2.05, 4.69) is 29.2 Å². The van der Waals surface area contributed by atoms with Crippen molar-refractivity contribution in [3.8, 4) is 0 Å². The lowest BCUT2D eigenvalue weighted by Gasteiger charge is -2.39. The zero-order valence-corrected chi connectivity index (χ0v) is 18.3. The van der Waals surface area contributed by atoms with E-state index in [0.29, 0.717) is 13.1 Å². The lowest BCUT2D eigenvalue weighted by Crippen LogP contribution is -2.52. The van der Waals surface area contributed by atoms with Crippen molar-refractivity contribution in [2.45, 2.75) is 12.8 Å². The van der Waals surface area contributed by atoms with E-state index in [-0.39, 0.29) is 17.7 Å². The van der Waals surface area contributed by atoms with Gasteiger partial charge in [0, 0.05) is 56.4 Å². The van der Waals surface area contributed by atoms with Crippen LogP contribution >= 0.6 is 0 Å². The molecule has 0 aliphatic carbocycles. The minimum atomic E-state index is 0.0230. The van der Waals surface area contributed by atoms with E-state index in [4.69, 9.17) is 0 Å². The van der Waals surface area contributed by atoms with Crippen molar-refractivity contribution < 1.29 is 9.59 Å². The van der Waals surface area contributed by atoms with Gasteiger partial charge in [-0.3, -0.25) is 9.59 Å². The van der Waals surface area contributed by atoms with Crippen LogP contribution in [-0.2, 0) is 4.79 Å². The fourth-order valence-corrected chi connectivity index (χ4v) is 4.99. The maximum atomic E-state index is 13.2. The van der Waals surface area contributed by atoms with Gasteiger partial charge < -0.3 is 14.7 Å². The molecule has 2 aliphatic rings. The van der Waals surface area contributed by atoms with Crippen LogP contribution in [0.15, 0.2) is 72.8 Å². The third-order valence-corrected chi connectivity index (χ3v) is 6.86. The number of carbonyl (C=O) groups is 2. The van der Waals surface area contributed by atoms with E-state index in [1.807, 2.05) is 58.3 Å². The lowest BCUT2D eigenvalue weighted by atomic mass is 9.94. The molecule has 5 nitrogen and oxygen atoms in total. The third kappa shape index (κ3) is 4.07. The first-order valence-corrected chi connectivity index (χ1v) is 11.6. The summed E-state index contributed by atoms with van der Waals surface area (Å²) in [6.07, 6.45) is 1.49. The maximum Gasteiger partial charge on any atom is 0.254 e. The molecule has 32 heavy (non-hydrogen) atoms. The number of benzene rings is 3.